The van der Waals surface area contributed by atoms with Crippen molar-refractivity contribution in [1.82, 2.24) is 9.62 Å². The maximum atomic E-state index is 11.8. The molecule has 2 saturated heterocycles. The molecule has 0 aromatic heterocycles. The van der Waals surface area contributed by atoms with Crippen LogP contribution in [-0.2, 0) is 21.3 Å². The zero-order valence-corrected chi connectivity index (χ0v) is 14.5. The fraction of sp³-hybridized carbons (Fsp3) is 0.647. The van der Waals surface area contributed by atoms with Gasteiger partial charge in [0.05, 0.1) is 11.4 Å². The van der Waals surface area contributed by atoms with Crippen LogP contribution in [0, 0.1) is 0 Å². The minimum absolute atomic E-state index is 0.00498. The van der Waals surface area contributed by atoms with Gasteiger partial charge in [0.1, 0.15) is 0 Å². The van der Waals surface area contributed by atoms with E-state index in [4.69, 9.17) is 4.74 Å². The lowest BCUT2D eigenvalue weighted by molar-refractivity contribution is -0.0779. The minimum atomic E-state index is -3.15. The summed E-state index contributed by atoms with van der Waals surface area (Å²) in [6, 6.07) is 10.5. The summed E-state index contributed by atoms with van der Waals surface area (Å²) in [6.07, 6.45) is 2.52. The normalized spacial score (nSPS) is 29.2. The molecule has 1 aromatic rings. The molecule has 0 amide bonds. The molecule has 0 aliphatic carbocycles. The van der Waals surface area contributed by atoms with E-state index in [-0.39, 0.29) is 17.4 Å². The highest BCUT2D eigenvalue weighted by Gasteiger charge is 2.43. The fourth-order valence-corrected chi connectivity index (χ4v) is 4.53. The van der Waals surface area contributed by atoms with Crippen molar-refractivity contribution in [3.63, 3.8) is 0 Å². The molecule has 2 heterocycles. The van der Waals surface area contributed by atoms with E-state index in [0.717, 1.165) is 38.9 Å². The second-order valence-corrected chi connectivity index (χ2v) is 8.73. The first-order valence-electron chi connectivity index (χ1n) is 8.40. The van der Waals surface area contributed by atoms with E-state index in [1.165, 1.54) is 5.56 Å². The first-order valence-corrected chi connectivity index (χ1v) is 10.1. The summed E-state index contributed by atoms with van der Waals surface area (Å²) in [7, 11) is -3.15. The molecule has 1 spiro atoms. The highest BCUT2D eigenvalue weighted by atomic mass is 32.2. The molecule has 2 aliphatic heterocycles. The molecule has 2 fully saturated rings. The van der Waals surface area contributed by atoms with E-state index in [1.807, 2.05) is 6.07 Å². The molecule has 2 atom stereocenters. The number of hydrogen-bond donors (Lipinski definition) is 1. The molecule has 128 valence electrons. The van der Waals surface area contributed by atoms with E-state index in [2.05, 4.69) is 33.9 Å². The summed E-state index contributed by atoms with van der Waals surface area (Å²) in [5.74, 6) is 0.136. The van der Waals surface area contributed by atoms with Gasteiger partial charge in [-0.3, -0.25) is 4.90 Å². The zero-order valence-electron chi connectivity index (χ0n) is 13.7. The molecule has 0 bridgehead atoms. The van der Waals surface area contributed by atoms with Crippen molar-refractivity contribution >= 4 is 10.0 Å². The quantitative estimate of drug-likeness (QED) is 0.889. The van der Waals surface area contributed by atoms with Crippen LogP contribution in [0.1, 0.15) is 31.7 Å². The molecular weight excluding hydrogens is 312 g/mol. The van der Waals surface area contributed by atoms with Crippen LogP contribution in [0.5, 0.6) is 0 Å². The highest BCUT2D eigenvalue weighted by molar-refractivity contribution is 7.89. The van der Waals surface area contributed by atoms with Crippen molar-refractivity contribution in [1.29, 1.82) is 0 Å². The smallest absolute Gasteiger partial charge is 0.211 e. The van der Waals surface area contributed by atoms with Gasteiger partial charge in [-0.25, -0.2) is 13.1 Å². The molecule has 6 heteroatoms. The SMILES string of the molecule is CCS(=O)(=O)N[C@H]1CCO[C@@]2(CCN(Cc3ccccc3)C2)C1. The molecule has 5 nitrogen and oxygen atoms in total. The van der Waals surface area contributed by atoms with Gasteiger partial charge in [0, 0.05) is 32.3 Å². The Morgan fingerprint density at radius 2 is 2.13 bits per heavy atom. The number of nitrogens with zero attached hydrogens (tertiary/aromatic N) is 1. The third kappa shape index (κ3) is 4.32. The summed E-state index contributed by atoms with van der Waals surface area (Å²) in [4.78, 5) is 2.41. The van der Waals surface area contributed by atoms with Crippen LogP contribution in [0.15, 0.2) is 30.3 Å². The maximum Gasteiger partial charge on any atom is 0.211 e. The first kappa shape index (κ1) is 16.9. The summed E-state index contributed by atoms with van der Waals surface area (Å²) in [6.45, 7) is 5.12. The monoisotopic (exact) mass is 338 g/mol. The van der Waals surface area contributed by atoms with Crippen LogP contribution < -0.4 is 4.72 Å². The van der Waals surface area contributed by atoms with Crippen LogP contribution >= 0.6 is 0 Å². The third-order valence-corrected chi connectivity index (χ3v) is 6.32. The van der Waals surface area contributed by atoms with Crippen molar-refractivity contribution < 1.29 is 13.2 Å². The standard InChI is InChI=1S/C17H26N2O3S/c1-2-23(20,21)18-16-8-11-22-17(12-16)9-10-19(14-17)13-15-6-4-3-5-7-15/h3-7,16,18H,2,8-14H2,1H3/t16-,17-/m0/s1. The van der Waals surface area contributed by atoms with Crippen LogP contribution in [0.2, 0.25) is 0 Å². The van der Waals surface area contributed by atoms with Gasteiger partial charge in [0.15, 0.2) is 0 Å². The van der Waals surface area contributed by atoms with Gasteiger partial charge in [-0.05, 0) is 31.7 Å². The van der Waals surface area contributed by atoms with Gasteiger partial charge in [-0.15, -0.1) is 0 Å². The molecule has 1 N–H and O–H groups in total. The van der Waals surface area contributed by atoms with E-state index in [0.29, 0.717) is 6.61 Å². The average Bonchev–Trinajstić information content (AvgIpc) is 2.90. The Labute approximate surface area is 139 Å². The summed E-state index contributed by atoms with van der Waals surface area (Å²) >= 11 is 0. The predicted octanol–water partition coefficient (Wildman–Crippen LogP) is 1.75. The van der Waals surface area contributed by atoms with Gasteiger partial charge in [-0.2, -0.15) is 0 Å². The van der Waals surface area contributed by atoms with Crippen LogP contribution in [0.4, 0.5) is 0 Å². The van der Waals surface area contributed by atoms with Crippen molar-refractivity contribution in [3.8, 4) is 0 Å². The molecule has 3 rings (SSSR count). The molecular formula is C17H26N2O3S. The van der Waals surface area contributed by atoms with Crippen LogP contribution in [0.3, 0.4) is 0 Å². The van der Waals surface area contributed by atoms with Gasteiger partial charge in [0.2, 0.25) is 10.0 Å². The topological polar surface area (TPSA) is 58.6 Å². The van der Waals surface area contributed by atoms with E-state index in [9.17, 15) is 8.42 Å². The minimum Gasteiger partial charge on any atom is -0.373 e. The Bertz CT molecular complexity index is 620. The Hall–Kier alpha value is -0.950. The Kier molecular flexibility index (Phi) is 5.06. The Morgan fingerprint density at radius 3 is 2.87 bits per heavy atom. The maximum absolute atomic E-state index is 11.8. The lowest BCUT2D eigenvalue weighted by Crippen LogP contribution is -2.50. The molecule has 0 unspecified atom stereocenters. The summed E-state index contributed by atoms with van der Waals surface area (Å²) in [5, 5.41) is 0. The number of sulfonamides is 1. The second-order valence-electron chi connectivity index (χ2n) is 6.69. The van der Waals surface area contributed by atoms with Crippen LogP contribution in [0.25, 0.3) is 0 Å². The lowest BCUT2D eigenvalue weighted by atomic mass is 9.90. The summed E-state index contributed by atoms with van der Waals surface area (Å²) < 4.78 is 32.6. The van der Waals surface area contributed by atoms with E-state index >= 15 is 0 Å². The zero-order chi connectivity index (χ0) is 16.3. The molecule has 2 aliphatic rings. The van der Waals surface area contributed by atoms with E-state index in [1.54, 1.807) is 6.92 Å². The van der Waals surface area contributed by atoms with Gasteiger partial charge < -0.3 is 4.74 Å². The predicted molar refractivity (Wildman–Crippen MR) is 90.6 cm³/mol. The Morgan fingerprint density at radius 1 is 1.35 bits per heavy atom. The largest absolute Gasteiger partial charge is 0.373 e. The highest BCUT2D eigenvalue weighted by Crippen LogP contribution is 2.35. The van der Waals surface area contributed by atoms with E-state index < -0.39 is 10.0 Å². The average molecular weight is 338 g/mol. The number of benzene rings is 1. The van der Waals surface area contributed by atoms with Crippen molar-refractivity contribution in [2.75, 3.05) is 25.4 Å². The first-order chi connectivity index (χ1) is 11.0. The van der Waals surface area contributed by atoms with Crippen molar-refractivity contribution in [2.45, 2.75) is 44.4 Å². The van der Waals surface area contributed by atoms with Crippen LogP contribution in [-0.4, -0.2) is 50.4 Å². The lowest BCUT2D eigenvalue weighted by Gasteiger charge is -2.38. The number of rotatable bonds is 5. The molecule has 23 heavy (non-hydrogen) atoms. The van der Waals surface area contributed by atoms with Gasteiger partial charge in [0.25, 0.3) is 0 Å². The number of likely N-dealkylation sites (tertiary alicyclic amines) is 1. The third-order valence-electron chi connectivity index (χ3n) is 4.86. The van der Waals surface area contributed by atoms with Gasteiger partial charge >= 0.3 is 0 Å². The molecule has 1 aromatic carbocycles. The number of ether oxygens (including phenoxy) is 1. The Balaban J connectivity index is 1.60. The molecule has 0 saturated carbocycles. The van der Waals surface area contributed by atoms with Gasteiger partial charge in [-0.1, -0.05) is 30.3 Å². The number of nitrogens with one attached hydrogen (secondary N) is 1. The summed E-state index contributed by atoms with van der Waals surface area (Å²) in [5.41, 5.74) is 1.12. The van der Waals surface area contributed by atoms with Crippen molar-refractivity contribution in [3.05, 3.63) is 35.9 Å². The fourth-order valence-electron chi connectivity index (χ4n) is 3.65. The van der Waals surface area contributed by atoms with Crippen molar-refractivity contribution in [2.24, 2.45) is 0 Å². The molecule has 0 radical (unpaired) electrons. The number of hydrogen-bond acceptors (Lipinski definition) is 4. The second kappa shape index (κ2) is 6.89.